The van der Waals surface area contributed by atoms with Gasteiger partial charge in [-0.2, -0.15) is 0 Å². The normalized spacial score (nSPS) is 17.2. The Balaban J connectivity index is 1.84. The minimum atomic E-state index is 0.590. The maximum Gasteiger partial charge on any atom is 0.129 e. The van der Waals surface area contributed by atoms with E-state index in [-0.39, 0.29) is 0 Å². The quantitative estimate of drug-likeness (QED) is 0.748. The third-order valence-electron chi connectivity index (χ3n) is 3.29. The van der Waals surface area contributed by atoms with Gasteiger partial charge in [0.05, 0.1) is 0 Å². The first-order valence-electron chi connectivity index (χ1n) is 6.03. The highest BCUT2D eigenvalue weighted by Crippen LogP contribution is 2.25. The van der Waals surface area contributed by atoms with Crippen LogP contribution in [0.15, 0.2) is 18.3 Å². The predicted octanol–water partition coefficient (Wildman–Crippen LogP) is 3.36. The molecule has 0 unspecified atom stereocenters. The lowest BCUT2D eigenvalue weighted by molar-refractivity contribution is 0.271. The summed E-state index contributed by atoms with van der Waals surface area (Å²) in [5, 5.41) is 0.590. The third kappa shape index (κ3) is 3.46. The molecule has 16 heavy (non-hydrogen) atoms. The van der Waals surface area contributed by atoms with Crippen LogP contribution in [-0.4, -0.2) is 23.5 Å². The van der Waals surface area contributed by atoms with Crippen LogP contribution in [0.5, 0.6) is 0 Å². The molecule has 1 saturated carbocycles. The van der Waals surface area contributed by atoms with Crippen LogP contribution in [-0.2, 0) is 6.54 Å². The molecule has 88 valence electrons. The molecule has 1 aromatic heterocycles. The lowest BCUT2D eigenvalue weighted by Gasteiger charge is -2.20. The molecule has 0 aromatic carbocycles. The lowest BCUT2D eigenvalue weighted by atomic mass is 10.1. The van der Waals surface area contributed by atoms with Crippen LogP contribution in [0, 0.1) is 5.92 Å². The molecule has 1 aromatic rings. The Labute approximate surface area is 103 Å². The number of aromatic nitrogens is 1. The fraction of sp³-hybridized carbons (Fsp3) is 0.615. The Kier molecular flexibility index (Phi) is 4.19. The van der Waals surface area contributed by atoms with Crippen molar-refractivity contribution < 1.29 is 0 Å². The van der Waals surface area contributed by atoms with Gasteiger partial charge in [0.1, 0.15) is 5.15 Å². The van der Waals surface area contributed by atoms with Gasteiger partial charge in [-0.05, 0) is 43.5 Å². The fourth-order valence-corrected chi connectivity index (χ4v) is 2.75. The van der Waals surface area contributed by atoms with E-state index in [2.05, 4.69) is 16.9 Å². The molecule has 1 heterocycles. The summed E-state index contributed by atoms with van der Waals surface area (Å²) >= 11 is 5.87. The maximum absolute atomic E-state index is 5.87. The second-order valence-corrected chi connectivity index (χ2v) is 5.22. The van der Waals surface area contributed by atoms with E-state index in [1.165, 1.54) is 37.8 Å². The van der Waals surface area contributed by atoms with Crippen LogP contribution < -0.4 is 0 Å². The zero-order valence-electron chi connectivity index (χ0n) is 9.82. The van der Waals surface area contributed by atoms with Gasteiger partial charge in [-0.3, -0.25) is 0 Å². The first-order valence-corrected chi connectivity index (χ1v) is 6.41. The van der Waals surface area contributed by atoms with Crippen LogP contribution in [0.2, 0.25) is 5.15 Å². The van der Waals surface area contributed by atoms with Gasteiger partial charge in [0.2, 0.25) is 0 Å². The lowest BCUT2D eigenvalue weighted by Crippen LogP contribution is -2.24. The number of nitrogens with zero attached hydrogens (tertiary/aromatic N) is 2. The molecule has 0 amide bonds. The topological polar surface area (TPSA) is 16.1 Å². The summed E-state index contributed by atoms with van der Waals surface area (Å²) in [7, 11) is 2.19. The van der Waals surface area contributed by atoms with Crippen molar-refractivity contribution in [3.8, 4) is 0 Å². The SMILES string of the molecule is CN(Cc1ccnc(Cl)c1)CC1CCCC1. The number of rotatable bonds is 4. The van der Waals surface area contributed by atoms with E-state index in [4.69, 9.17) is 11.6 Å². The van der Waals surface area contributed by atoms with E-state index >= 15 is 0 Å². The number of pyridine rings is 1. The standard InChI is InChI=1S/C13H19ClN2/c1-16(9-11-4-2-3-5-11)10-12-6-7-15-13(14)8-12/h6-8,11H,2-5,9-10H2,1H3. The summed E-state index contributed by atoms with van der Waals surface area (Å²) in [5.74, 6) is 0.905. The maximum atomic E-state index is 5.87. The van der Waals surface area contributed by atoms with Crippen molar-refractivity contribution in [1.82, 2.24) is 9.88 Å². The number of halogens is 1. The minimum absolute atomic E-state index is 0.590. The number of hydrogen-bond acceptors (Lipinski definition) is 2. The van der Waals surface area contributed by atoms with E-state index in [0.717, 1.165) is 12.5 Å². The van der Waals surface area contributed by atoms with E-state index in [1.54, 1.807) is 6.20 Å². The molecule has 2 nitrogen and oxygen atoms in total. The van der Waals surface area contributed by atoms with Gasteiger partial charge >= 0.3 is 0 Å². The summed E-state index contributed by atoms with van der Waals surface area (Å²) in [4.78, 5) is 6.39. The van der Waals surface area contributed by atoms with E-state index < -0.39 is 0 Å². The molecule has 3 heteroatoms. The highest BCUT2D eigenvalue weighted by molar-refractivity contribution is 6.29. The van der Waals surface area contributed by atoms with Crippen molar-refractivity contribution in [2.24, 2.45) is 5.92 Å². The highest BCUT2D eigenvalue weighted by atomic mass is 35.5. The van der Waals surface area contributed by atoms with E-state index in [9.17, 15) is 0 Å². The smallest absolute Gasteiger partial charge is 0.129 e. The van der Waals surface area contributed by atoms with Crippen molar-refractivity contribution in [2.75, 3.05) is 13.6 Å². The Bertz CT molecular complexity index is 334. The average Bonchev–Trinajstić information content (AvgIpc) is 2.70. The summed E-state index contributed by atoms with van der Waals surface area (Å²) in [6.07, 6.45) is 7.42. The minimum Gasteiger partial charge on any atom is -0.302 e. The molecular formula is C13H19ClN2. The first-order chi connectivity index (χ1) is 7.74. The van der Waals surface area contributed by atoms with Crippen LogP contribution in [0.25, 0.3) is 0 Å². The molecule has 0 bridgehead atoms. The van der Waals surface area contributed by atoms with Gasteiger partial charge in [0.15, 0.2) is 0 Å². The van der Waals surface area contributed by atoms with Crippen molar-refractivity contribution in [3.05, 3.63) is 29.0 Å². The van der Waals surface area contributed by atoms with Crippen LogP contribution in [0.1, 0.15) is 31.2 Å². The largest absolute Gasteiger partial charge is 0.302 e. The van der Waals surface area contributed by atoms with Crippen molar-refractivity contribution in [3.63, 3.8) is 0 Å². The molecule has 0 atom stereocenters. The van der Waals surface area contributed by atoms with Crippen molar-refractivity contribution in [2.45, 2.75) is 32.2 Å². The second kappa shape index (κ2) is 5.65. The summed E-state index contributed by atoms with van der Waals surface area (Å²) < 4.78 is 0. The van der Waals surface area contributed by atoms with Gasteiger partial charge in [0, 0.05) is 19.3 Å². The zero-order valence-corrected chi connectivity index (χ0v) is 10.6. The summed E-state index contributed by atoms with van der Waals surface area (Å²) in [5.41, 5.74) is 1.25. The van der Waals surface area contributed by atoms with E-state index in [1.807, 2.05) is 12.1 Å². The molecule has 0 saturated heterocycles. The highest BCUT2D eigenvalue weighted by Gasteiger charge is 2.16. The molecule has 1 aliphatic carbocycles. The van der Waals surface area contributed by atoms with E-state index in [0.29, 0.717) is 5.15 Å². The summed E-state index contributed by atoms with van der Waals surface area (Å²) in [6, 6.07) is 3.99. The Morgan fingerprint density at radius 2 is 2.19 bits per heavy atom. The van der Waals surface area contributed by atoms with Crippen LogP contribution >= 0.6 is 11.6 Å². The Morgan fingerprint density at radius 3 is 2.88 bits per heavy atom. The molecule has 1 fully saturated rings. The second-order valence-electron chi connectivity index (χ2n) is 4.83. The van der Waals surface area contributed by atoms with Crippen LogP contribution in [0.3, 0.4) is 0 Å². The van der Waals surface area contributed by atoms with Gasteiger partial charge in [-0.15, -0.1) is 0 Å². The Hall–Kier alpha value is -0.600. The van der Waals surface area contributed by atoms with Gasteiger partial charge in [0.25, 0.3) is 0 Å². The van der Waals surface area contributed by atoms with Crippen molar-refractivity contribution >= 4 is 11.6 Å². The molecule has 1 aliphatic rings. The van der Waals surface area contributed by atoms with Gasteiger partial charge in [-0.1, -0.05) is 24.4 Å². The molecule has 0 aliphatic heterocycles. The molecule has 0 spiro atoms. The average molecular weight is 239 g/mol. The van der Waals surface area contributed by atoms with Gasteiger partial charge in [-0.25, -0.2) is 4.98 Å². The fourth-order valence-electron chi connectivity index (χ4n) is 2.55. The summed E-state index contributed by atoms with van der Waals surface area (Å²) in [6.45, 7) is 2.18. The zero-order chi connectivity index (χ0) is 11.4. The van der Waals surface area contributed by atoms with Gasteiger partial charge < -0.3 is 4.90 Å². The predicted molar refractivity (Wildman–Crippen MR) is 67.5 cm³/mol. The molecule has 0 N–H and O–H groups in total. The monoisotopic (exact) mass is 238 g/mol. The molecule has 0 radical (unpaired) electrons. The molecular weight excluding hydrogens is 220 g/mol. The van der Waals surface area contributed by atoms with Crippen LogP contribution in [0.4, 0.5) is 0 Å². The number of hydrogen-bond donors (Lipinski definition) is 0. The molecule has 2 rings (SSSR count). The Morgan fingerprint density at radius 1 is 1.44 bits per heavy atom. The van der Waals surface area contributed by atoms with Crippen molar-refractivity contribution in [1.29, 1.82) is 0 Å². The first kappa shape index (κ1) is 11.9. The third-order valence-corrected chi connectivity index (χ3v) is 3.49.